The molecule has 1 amide bonds. The van der Waals surface area contributed by atoms with Crippen LogP contribution in [0.4, 0.5) is 8.78 Å². The second kappa shape index (κ2) is 8.50. The van der Waals surface area contributed by atoms with Crippen molar-refractivity contribution in [3.63, 3.8) is 0 Å². The van der Waals surface area contributed by atoms with Gasteiger partial charge in [0.05, 0.1) is 12.7 Å². The van der Waals surface area contributed by atoms with Crippen LogP contribution >= 0.6 is 12.4 Å². The number of fused-ring (bicyclic) bond motifs is 1. The second-order valence-electron chi connectivity index (χ2n) is 5.42. The maximum absolute atomic E-state index is 12.6. The monoisotopic (exact) mass is 380 g/mol. The molecular formula is C15H19ClF2N2O5. The van der Waals surface area contributed by atoms with Gasteiger partial charge in [-0.05, 0) is 13.0 Å². The Labute approximate surface area is 149 Å². The maximum Gasteiger partial charge on any atom is 0.387 e. The largest absolute Gasteiger partial charge is 0.454 e. The molecule has 7 nitrogen and oxygen atoms in total. The van der Waals surface area contributed by atoms with Crippen molar-refractivity contribution in [1.29, 1.82) is 0 Å². The SMILES string of the molecule is C[C@H]1OCCN[C@@H]1C(=O)NCc1cc2c(cc1OC(F)F)OCO2.Cl. The second-order valence-corrected chi connectivity index (χ2v) is 5.42. The number of halogens is 3. The van der Waals surface area contributed by atoms with Crippen LogP contribution in [0, 0.1) is 0 Å². The molecule has 2 heterocycles. The Morgan fingerprint density at radius 1 is 1.40 bits per heavy atom. The van der Waals surface area contributed by atoms with Gasteiger partial charge in [0.15, 0.2) is 11.5 Å². The van der Waals surface area contributed by atoms with Gasteiger partial charge in [-0.15, -0.1) is 12.4 Å². The lowest BCUT2D eigenvalue weighted by Gasteiger charge is -2.29. The van der Waals surface area contributed by atoms with E-state index in [1.165, 1.54) is 12.1 Å². The molecule has 2 N–H and O–H groups in total. The van der Waals surface area contributed by atoms with Crippen molar-refractivity contribution in [2.24, 2.45) is 0 Å². The number of alkyl halides is 2. The fourth-order valence-electron chi connectivity index (χ4n) is 2.63. The number of carbonyl (C=O) groups excluding carboxylic acids is 1. The van der Waals surface area contributed by atoms with Gasteiger partial charge in [-0.25, -0.2) is 0 Å². The van der Waals surface area contributed by atoms with E-state index >= 15 is 0 Å². The molecule has 0 saturated carbocycles. The van der Waals surface area contributed by atoms with Gasteiger partial charge < -0.3 is 29.6 Å². The molecule has 0 aliphatic carbocycles. The Morgan fingerprint density at radius 2 is 2.12 bits per heavy atom. The Morgan fingerprint density at radius 3 is 2.80 bits per heavy atom. The molecular weight excluding hydrogens is 362 g/mol. The van der Waals surface area contributed by atoms with Gasteiger partial charge in [-0.2, -0.15) is 8.78 Å². The van der Waals surface area contributed by atoms with Crippen LogP contribution in [0.2, 0.25) is 0 Å². The number of benzene rings is 1. The number of rotatable bonds is 5. The number of carbonyl (C=O) groups is 1. The number of hydrogen-bond donors (Lipinski definition) is 2. The summed E-state index contributed by atoms with van der Waals surface area (Å²) in [5.41, 5.74) is 0.372. The molecule has 25 heavy (non-hydrogen) atoms. The number of amides is 1. The summed E-state index contributed by atoms with van der Waals surface area (Å²) in [4.78, 5) is 12.3. The maximum atomic E-state index is 12.6. The third-order valence-electron chi connectivity index (χ3n) is 3.82. The van der Waals surface area contributed by atoms with Crippen molar-refractivity contribution in [3.05, 3.63) is 17.7 Å². The van der Waals surface area contributed by atoms with Crippen LogP contribution in [0.3, 0.4) is 0 Å². The normalized spacial score (nSPS) is 21.6. The van der Waals surface area contributed by atoms with Crippen molar-refractivity contribution in [2.45, 2.75) is 32.2 Å². The predicted molar refractivity (Wildman–Crippen MR) is 85.5 cm³/mol. The van der Waals surface area contributed by atoms with E-state index in [1.54, 1.807) is 6.92 Å². The van der Waals surface area contributed by atoms with Crippen molar-refractivity contribution in [3.8, 4) is 17.2 Å². The van der Waals surface area contributed by atoms with Crippen LogP contribution in [0.25, 0.3) is 0 Å². The van der Waals surface area contributed by atoms with E-state index in [0.29, 0.717) is 30.2 Å². The van der Waals surface area contributed by atoms with E-state index in [1.807, 2.05) is 0 Å². The molecule has 1 fully saturated rings. The van der Waals surface area contributed by atoms with Gasteiger partial charge in [0, 0.05) is 24.7 Å². The van der Waals surface area contributed by atoms with E-state index in [4.69, 9.17) is 14.2 Å². The molecule has 0 radical (unpaired) electrons. The lowest BCUT2D eigenvalue weighted by molar-refractivity contribution is -0.129. The van der Waals surface area contributed by atoms with Gasteiger partial charge >= 0.3 is 6.61 Å². The Kier molecular flexibility index (Phi) is 6.63. The first-order valence-corrected chi connectivity index (χ1v) is 7.54. The molecule has 0 bridgehead atoms. The van der Waals surface area contributed by atoms with E-state index in [0.717, 1.165) is 0 Å². The summed E-state index contributed by atoms with van der Waals surface area (Å²) in [5, 5.41) is 5.76. The molecule has 0 spiro atoms. The quantitative estimate of drug-likeness (QED) is 0.804. The predicted octanol–water partition coefficient (Wildman–Crippen LogP) is 1.43. The minimum Gasteiger partial charge on any atom is -0.454 e. The summed E-state index contributed by atoms with van der Waals surface area (Å²) < 4.78 is 45.5. The minimum atomic E-state index is -2.98. The summed E-state index contributed by atoms with van der Waals surface area (Å²) in [6.07, 6.45) is -0.271. The van der Waals surface area contributed by atoms with E-state index in [9.17, 15) is 13.6 Å². The lowest BCUT2D eigenvalue weighted by atomic mass is 10.1. The fourth-order valence-corrected chi connectivity index (χ4v) is 2.63. The van der Waals surface area contributed by atoms with Gasteiger partial charge in [0.2, 0.25) is 12.7 Å². The first-order valence-electron chi connectivity index (χ1n) is 7.54. The zero-order valence-electron chi connectivity index (χ0n) is 13.4. The van der Waals surface area contributed by atoms with Crippen molar-refractivity contribution >= 4 is 18.3 Å². The summed E-state index contributed by atoms with van der Waals surface area (Å²) in [5.74, 6) is 0.420. The molecule has 3 rings (SSSR count). The van der Waals surface area contributed by atoms with Crippen molar-refractivity contribution < 1.29 is 32.5 Å². The zero-order valence-corrected chi connectivity index (χ0v) is 14.2. The fraction of sp³-hybridized carbons (Fsp3) is 0.533. The van der Waals surface area contributed by atoms with Crippen LogP contribution in [0.5, 0.6) is 17.2 Å². The van der Waals surface area contributed by atoms with Crippen molar-refractivity contribution in [1.82, 2.24) is 10.6 Å². The van der Waals surface area contributed by atoms with Gasteiger partial charge in [0.1, 0.15) is 11.8 Å². The average Bonchev–Trinajstić information content (AvgIpc) is 2.99. The van der Waals surface area contributed by atoms with Crippen LogP contribution in [-0.4, -0.2) is 44.6 Å². The van der Waals surface area contributed by atoms with Crippen LogP contribution in [-0.2, 0) is 16.1 Å². The van der Waals surface area contributed by atoms with Crippen LogP contribution < -0.4 is 24.8 Å². The van der Waals surface area contributed by atoms with E-state index in [2.05, 4.69) is 15.4 Å². The molecule has 1 aromatic carbocycles. The van der Waals surface area contributed by atoms with Gasteiger partial charge in [0.25, 0.3) is 0 Å². The highest BCUT2D eigenvalue weighted by Gasteiger charge is 2.28. The first kappa shape index (κ1) is 19.5. The molecule has 0 unspecified atom stereocenters. The van der Waals surface area contributed by atoms with E-state index < -0.39 is 12.7 Å². The number of nitrogens with one attached hydrogen (secondary N) is 2. The number of morpholine rings is 1. The molecule has 2 aliphatic heterocycles. The zero-order chi connectivity index (χ0) is 17.1. The Bertz CT molecular complexity index is 620. The molecule has 2 atom stereocenters. The molecule has 0 aromatic heterocycles. The van der Waals surface area contributed by atoms with E-state index in [-0.39, 0.29) is 43.5 Å². The molecule has 140 valence electrons. The van der Waals surface area contributed by atoms with Crippen molar-refractivity contribution in [2.75, 3.05) is 19.9 Å². The third kappa shape index (κ3) is 4.62. The summed E-state index contributed by atoms with van der Waals surface area (Å²) in [6.45, 7) is -0.0375. The summed E-state index contributed by atoms with van der Waals surface area (Å²) >= 11 is 0. The standard InChI is InChI=1S/C15H18F2N2O5.ClH/c1-8-13(18-2-3-21-8)14(20)19-6-9-4-11-12(23-7-22-11)5-10(9)24-15(16)17;/h4-5,8,13,15,18H,2-3,6-7H2,1H3,(H,19,20);1H/t8-,13+;/m1./s1. The third-order valence-corrected chi connectivity index (χ3v) is 3.82. The van der Waals surface area contributed by atoms with Gasteiger partial charge in [-0.1, -0.05) is 0 Å². The van der Waals surface area contributed by atoms with Gasteiger partial charge in [-0.3, -0.25) is 4.79 Å². The highest BCUT2D eigenvalue weighted by molar-refractivity contribution is 5.85. The number of hydrogen-bond acceptors (Lipinski definition) is 6. The highest BCUT2D eigenvalue weighted by atomic mass is 35.5. The highest BCUT2D eigenvalue weighted by Crippen LogP contribution is 2.38. The molecule has 2 aliphatic rings. The topological polar surface area (TPSA) is 78.1 Å². The Hall–Kier alpha value is -1.84. The average molecular weight is 381 g/mol. The summed E-state index contributed by atoms with van der Waals surface area (Å²) in [7, 11) is 0. The smallest absolute Gasteiger partial charge is 0.387 e. The minimum absolute atomic E-state index is 0. The molecule has 1 aromatic rings. The molecule has 1 saturated heterocycles. The summed E-state index contributed by atoms with van der Waals surface area (Å²) in [6, 6.07) is 2.36. The van der Waals surface area contributed by atoms with Crippen LogP contribution in [0.1, 0.15) is 12.5 Å². The molecule has 10 heteroatoms. The lowest BCUT2D eigenvalue weighted by Crippen LogP contribution is -2.55. The number of ether oxygens (including phenoxy) is 4. The Balaban J connectivity index is 0.00000225. The van der Waals surface area contributed by atoms with Crippen LogP contribution in [0.15, 0.2) is 12.1 Å². The first-order chi connectivity index (χ1) is 11.5.